The number of hydrogen-bond acceptors (Lipinski definition) is 3. The van der Waals surface area contributed by atoms with Crippen LogP contribution >= 0.6 is 0 Å². The number of anilines is 1. The number of nitrogens with zero attached hydrogens (tertiary/aromatic N) is 2. The van der Waals surface area contributed by atoms with E-state index in [4.69, 9.17) is 5.73 Å². The van der Waals surface area contributed by atoms with Crippen molar-refractivity contribution in [2.24, 2.45) is 5.73 Å². The summed E-state index contributed by atoms with van der Waals surface area (Å²) in [6.45, 7) is 6.29. The van der Waals surface area contributed by atoms with Crippen LogP contribution in [0.3, 0.4) is 0 Å². The molecule has 1 aromatic heterocycles. The Hall–Kier alpha value is -1.36. The third-order valence-corrected chi connectivity index (χ3v) is 3.15. The number of rotatable bonds is 7. The predicted octanol–water partition coefficient (Wildman–Crippen LogP) is 2.31. The zero-order valence-corrected chi connectivity index (χ0v) is 11.5. The van der Waals surface area contributed by atoms with Crippen molar-refractivity contribution in [1.29, 1.82) is 0 Å². The van der Waals surface area contributed by atoms with Gasteiger partial charge >= 0.3 is 0 Å². The van der Waals surface area contributed by atoms with Crippen molar-refractivity contribution in [2.75, 3.05) is 5.32 Å². The van der Waals surface area contributed by atoms with Gasteiger partial charge in [-0.15, -0.1) is 0 Å². The molecule has 0 bridgehead atoms. The van der Waals surface area contributed by atoms with E-state index >= 15 is 0 Å². The van der Waals surface area contributed by atoms with E-state index in [0.717, 1.165) is 19.3 Å². The Morgan fingerprint density at radius 3 is 2.67 bits per heavy atom. The molecule has 1 unspecified atom stereocenters. The van der Waals surface area contributed by atoms with Crippen LogP contribution in [0.4, 0.5) is 5.82 Å². The van der Waals surface area contributed by atoms with E-state index < -0.39 is 6.04 Å². The minimum atomic E-state index is -0.451. The van der Waals surface area contributed by atoms with Crippen molar-refractivity contribution in [1.82, 2.24) is 9.55 Å². The Morgan fingerprint density at radius 2 is 2.11 bits per heavy atom. The lowest BCUT2D eigenvalue weighted by Gasteiger charge is -2.13. The van der Waals surface area contributed by atoms with Crippen molar-refractivity contribution in [2.45, 2.75) is 58.5 Å². The molecule has 18 heavy (non-hydrogen) atoms. The molecule has 0 aliphatic rings. The number of hydrogen-bond donors (Lipinski definition) is 2. The van der Waals surface area contributed by atoms with E-state index in [1.807, 2.05) is 17.7 Å². The van der Waals surface area contributed by atoms with Crippen LogP contribution in [0.15, 0.2) is 12.5 Å². The van der Waals surface area contributed by atoms with Gasteiger partial charge in [0.1, 0.15) is 0 Å². The van der Waals surface area contributed by atoms with Gasteiger partial charge in [0, 0.05) is 12.2 Å². The number of carbonyl (C=O) groups excluding carboxylic acids is 1. The summed E-state index contributed by atoms with van der Waals surface area (Å²) in [7, 11) is 0. The second kappa shape index (κ2) is 7.16. The number of amides is 1. The number of nitrogens with one attached hydrogen (secondary N) is 1. The number of aromatic nitrogens is 2. The van der Waals surface area contributed by atoms with Gasteiger partial charge in [-0.2, -0.15) is 0 Å². The second-order valence-corrected chi connectivity index (χ2v) is 4.56. The van der Waals surface area contributed by atoms with Crippen LogP contribution in [0.1, 0.15) is 52.5 Å². The molecule has 0 aliphatic carbocycles. The quantitative estimate of drug-likeness (QED) is 0.782. The molecule has 1 atom stereocenters. The first-order chi connectivity index (χ1) is 8.62. The number of carbonyl (C=O) groups is 1. The topological polar surface area (TPSA) is 72.9 Å². The predicted molar refractivity (Wildman–Crippen MR) is 73.4 cm³/mol. The third kappa shape index (κ3) is 3.84. The lowest BCUT2D eigenvalue weighted by Crippen LogP contribution is -2.35. The molecular weight excluding hydrogens is 228 g/mol. The molecule has 0 radical (unpaired) electrons. The zero-order valence-electron chi connectivity index (χ0n) is 11.5. The average molecular weight is 252 g/mol. The highest BCUT2D eigenvalue weighted by atomic mass is 16.2. The molecule has 0 fully saturated rings. The SMILES string of the molecule is CCCC(N)C(=O)Nc1cn(C(CC)CC)cn1. The fraction of sp³-hybridized carbons (Fsp3) is 0.692. The minimum Gasteiger partial charge on any atom is -0.332 e. The lowest BCUT2D eigenvalue weighted by molar-refractivity contribution is -0.117. The largest absolute Gasteiger partial charge is 0.332 e. The first-order valence-electron chi connectivity index (χ1n) is 6.72. The van der Waals surface area contributed by atoms with Gasteiger partial charge in [0.2, 0.25) is 5.91 Å². The summed E-state index contributed by atoms with van der Waals surface area (Å²) in [6, 6.07) is -0.0132. The molecule has 5 nitrogen and oxygen atoms in total. The average Bonchev–Trinajstić information content (AvgIpc) is 2.79. The van der Waals surface area contributed by atoms with Crippen LogP contribution in [0, 0.1) is 0 Å². The molecule has 1 amide bonds. The summed E-state index contributed by atoms with van der Waals surface area (Å²) in [5.74, 6) is 0.421. The van der Waals surface area contributed by atoms with Crippen LogP contribution in [0.2, 0.25) is 0 Å². The lowest BCUT2D eigenvalue weighted by atomic mass is 10.2. The highest BCUT2D eigenvalue weighted by Crippen LogP contribution is 2.17. The van der Waals surface area contributed by atoms with Gasteiger partial charge in [-0.1, -0.05) is 27.2 Å². The summed E-state index contributed by atoms with van der Waals surface area (Å²) in [5, 5.41) is 2.75. The van der Waals surface area contributed by atoms with Gasteiger partial charge in [0.25, 0.3) is 0 Å². The van der Waals surface area contributed by atoms with Crippen molar-refractivity contribution < 1.29 is 4.79 Å². The Kier molecular flexibility index (Phi) is 5.85. The summed E-state index contributed by atoms with van der Waals surface area (Å²) < 4.78 is 2.04. The van der Waals surface area contributed by atoms with E-state index in [1.165, 1.54) is 0 Å². The summed E-state index contributed by atoms with van der Waals surface area (Å²) in [4.78, 5) is 15.9. The molecule has 1 rings (SSSR count). The molecular formula is C13H24N4O. The molecule has 0 aliphatic heterocycles. The van der Waals surface area contributed by atoms with E-state index in [1.54, 1.807) is 6.33 Å². The van der Waals surface area contributed by atoms with Gasteiger partial charge in [-0.25, -0.2) is 4.98 Å². The van der Waals surface area contributed by atoms with Crippen LogP contribution in [-0.2, 0) is 4.79 Å². The number of nitrogens with two attached hydrogens (primary N) is 1. The van der Waals surface area contributed by atoms with Crippen LogP contribution < -0.4 is 11.1 Å². The van der Waals surface area contributed by atoms with E-state index in [2.05, 4.69) is 24.1 Å². The third-order valence-electron chi connectivity index (χ3n) is 3.15. The van der Waals surface area contributed by atoms with E-state index in [-0.39, 0.29) is 5.91 Å². The highest BCUT2D eigenvalue weighted by Gasteiger charge is 2.14. The number of imidazole rings is 1. The molecule has 0 aromatic carbocycles. The Bertz CT molecular complexity index is 371. The van der Waals surface area contributed by atoms with E-state index in [9.17, 15) is 4.79 Å². The Balaban J connectivity index is 2.61. The fourth-order valence-electron chi connectivity index (χ4n) is 1.97. The zero-order chi connectivity index (χ0) is 13.5. The normalized spacial score (nSPS) is 12.7. The smallest absolute Gasteiger partial charge is 0.242 e. The van der Waals surface area contributed by atoms with Crippen LogP contribution in [0.5, 0.6) is 0 Å². The van der Waals surface area contributed by atoms with Crippen molar-refractivity contribution in [3.63, 3.8) is 0 Å². The van der Waals surface area contributed by atoms with Gasteiger partial charge < -0.3 is 15.6 Å². The van der Waals surface area contributed by atoms with Crippen molar-refractivity contribution in [3.05, 3.63) is 12.5 Å². The van der Waals surface area contributed by atoms with Gasteiger partial charge in [0.05, 0.1) is 12.4 Å². The second-order valence-electron chi connectivity index (χ2n) is 4.56. The Labute approximate surface area is 109 Å². The summed E-state index contributed by atoms with van der Waals surface area (Å²) in [6.07, 6.45) is 7.33. The van der Waals surface area contributed by atoms with Gasteiger partial charge in [0.15, 0.2) is 5.82 Å². The molecule has 0 saturated carbocycles. The molecule has 1 heterocycles. The van der Waals surface area contributed by atoms with Gasteiger partial charge in [-0.3, -0.25) is 4.79 Å². The standard InChI is InChI=1S/C13H24N4O/c1-4-7-11(14)13(18)16-12-8-17(9-15-12)10(5-2)6-3/h8-11H,4-7,14H2,1-3H3,(H,16,18). The van der Waals surface area contributed by atoms with E-state index in [0.29, 0.717) is 18.3 Å². The molecule has 3 N–H and O–H groups in total. The van der Waals surface area contributed by atoms with Crippen LogP contribution in [0.25, 0.3) is 0 Å². The molecule has 1 aromatic rings. The molecule has 5 heteroatoms. The fourth-order valence-corrected chi connectivity index (χ4v) is 1.97. The monoisotopic (exact) mass is 252 g/mol. The molecule has 0 spiro atoms. The van der Waals surface area contributed by atoms with Crippen LogP contribution in [-0.4, -0.2) is 21.5 Å². The molecule has 102 valence electrons. The maximum atomic E-state index is 11.7. The van der Waals surface area contributed by atoms with Gasteiger partial charge in [-0.05, 0) is 19.3 Å². The summed E-state index contributed by atoms with van der Waals surface area (Å²) in [5.41, 5.74) is 5.75. The summed E-state index contributed by atoms with van der Waals surface area (Å²) >= 11 is 0. The maximum Gasteiger partial charge on any atom is 0.242 e. The minimum absolute atomic E-state index is 0.161. The maximum absolute atomic E-state index is 11.7. The van der Waals surface area contributed by atoms with Crippen molar-refractivity contribution >= 4 is 11.7 Å². The first-order valence-corrected chi connectivity index (χ1v) is 6.72. The first kappa shape index (κ1) is 14.7. The molecule has 0 saturated heterocycles. The Morgan fingerprint density at radius 1 is 1.44 bits per heavy atom. The highest BCUT2D eigenvalue weighted by molar-refractivity contribution is 5.93. The van der Waals surface area contributed by atoms with Crippen molar-refractivity contribution in [3.8, 4) is 0 Å².